The smallest absolute Gasteiger partial charge is 0.323 e. The van der Waals surface area contributed by atoms with Crippen LogP contribution in [0.3, 0.4) is 0 Å². The van der Waals surface area contributed by atoms with E-state index < -0.39 is 12.4 Å². The maximum absolute atomic E-state index is 12.8. The molecule has 26 heavy (non-hydrogen) atoms. The Morgan fingerprint density at radius 1 is 1.27 bits per heavy atom. The largest absolute Gasteiger partial charge is 0.480 e. The number of carboxylic acid groups (broad SMARTS) is 1. The lowest BCUT2D eigenvalue weighted by Gasteiger charge is -2.28. The maximum atomic E-state index is 12.8. The van der Waals surface area contributed by atoms with Crippen molar-refractivity contribution in [1.29, 1.82) is 0 Å². The number of nitrogens with zero attached hydrogens (tertiary/aromatic N) is 2. The third kappa shape index (κ3) is 5.00. The lowest BCUT2D eigenvalue weighted by atomic mass is 10.1. The second kappa shape index (κ2) is 8.73. The topological polar surface area (TPSA) is 77.9 Å². The Labute approximate surface area is 150 Å². The van der Waals surface area contributed by atoms with Gasteiger partial charge in [-0.2, -0.15) is 0 Å². The van der Waals surface area contributed by atoms with Gasteiger partial charge in [0.15, 0.2) is 0 Å². The van der Waals surface area contributed by atoms with Crippen molar-refractivity contribution in [2.75, 3.05) is 19.6 Å². The summed E-state index contributed by atoms with van der Waals surface area (Å²) in [6, 6.07) is 5.15. The Kier molecular flexibility index (Phi) is 6.65. The maximum Gasteiger partial charge on any atom is 0.323 e. The molecule has 0 aliphatic carbocycles. The molecule has 0 spiro atoms. The van der Waals surface area contributed by atoms with Crippen molar-refractivity contribution in [3.63, 3.8) is 0 Å². The predicted molar refractivity (Wildman–Crippen MR) is 90.0 cm³/mol. The minimum Gasteiger partial charge on any atom is -0.480 e. The van der Waals surface area contributed by atoms with Gasteiger partial charge in [-0.1, -0.05) is 12.1 Å². The van der Waals surface area contributed by atoms with E-state index in [2.05, 4.69) is 0 Å². The molecule has 1 saturated heterocycles. The van der Waals surface area contributed by atoms with Gasteiger partial charge in [0.1, 0.15) is 6.54 Å². The first kappa shape index (κ1) is 19.8. The number of carboxylic acids is 1. The van der Waals surface area contributed by atoms with Crippen molar-refractivity contribution in [3.8, 4) is 0 Å². The molecule has 142 valence electrons. The van der Waals surface area contributed by atoms with E-state index in [1.165, 1.54) is 36.1 Å². The molecule has 1 heterocycles. The molecule has 1 fully saturated rings. The summed E-state index contributed by atoms with van der Waals surface area (Å²) in [5.74, 6) is -1.73. The Morgan fingerprint density at radius 3 is 2.62 bits per heavy atom. The number of hydrogen-bond donors (Lipinski definition) is 1. The second-order valence-electron chi connectivity index (χ2n) is 6.34. The molecule has 2 amide bonds. The van der Waals surface area contributed by atoms with Gasteiger partial charge in [-0.05, 0) is 31.4 Å². The quantitative estimate of drug-likeness (QED) is 0.866. The van der Waals surface area contributed by atoms with E-state index in [0.717, 1.165) is 0 Å². The number of likely N-dealkylation sites (tertiary alicyclic amines) is 1. The Bertz CT molecular complexity index is 681. The highest BCUT2D eigenvalue weighted by molar-refractivity contribution is 5.94. The van der Waals surface area contributed by atoms with Crippen molar-refractivity contribution < 1.29 is 28.3 Å². The van der Waals surface area contributed by atoms with Crippen molar-refractivity contribution in [2.24, 2.45) is 0 Å². The normalized spacial score (nSPS) is 17.7. The molecular weight excluding hydrogens is 346 g/mol. The van der Waals surface area contributed by atoms with Gasteiger partial charge in [0.2, 0.25) is 5.91 Å². The standard InChI is InChI=1S/C18H22F2N2O4/c1-12(23)22(11-16(24)25)15-6-3-8-21(9-7-15)18(26)14-5-2-4-13(10-14)17(19)20/h2,4-5,10,15,17H,3,6-9,11H2,1H3,(H,24,25). The molecule has 1 aliphatic heterocycles. The molecule has 1 aliphatic rings. The van der Waals surface area contributed by atoms with E-state index in [1.807, 2.05) is 0 Å². The zero-order valence-electron chi connectivity index (χ0n) is 14.5. The average Bonchev–Trinajstić information content (AvgIpc) is 2.84. The van der Waals surface area contributed by atoms with Crippen LogP contribution in [0.2, 0.25) is 0 Å². The third-order valence-corrected chi connectivity index (χ3v) is 4.52. The summed E-state index contributed by atoms with van der Waals surface area (Å²) in [6.07, 6.45) is -0.994. The molecule has 0 bridgehead atoms. The Morgan fingerprint density at radius 2 is 2.00 bits per heavy atom. The van der Waals surface area contributed by atoms with Gasteiger partial charge < -0.3 is 14.9 Å². The fraction of sp³-hybridized carbons (Fsp3) is 0.500. The highest BCUT2D eigenvalue weighted by Gasteiger charge is 2.28. The molecule has 8 heteroatoms. The molecule has 0 radical (unpaired) electrons. The van der Waals surface area contributed by atoms with E-state index in [1.54, 1.807) is 4.90 Å². The SMILES string of the molecule is CC(=O)N(CC(=O)O)C1CCCN(C(=O)c2cccc(C(F)F)c2)CC1. The summed E-state index contributed by atoms with van der Waals surface area (Å²) >= 11 is 0. The van der Waals surface area contributed by atoms with Crippen LogP contribution >= 0.6 is 0 Å². The second-order valence-corrected chi connectivity index (χ2v) is 6.34. The van der Waals surface area contributed by atoms with Crippen LogP contribution in [0.5, 0.6) is 0 Å². The lowest BCUT2D eigenvalue weighted by Crippen LogP contribution is -2.43. The molecule has 1 aromatic rings. The molecule has 0 aromatic heterocycles. The van der Waals surface area contributed by atoms with Gasteiger partial charge in [-0.3, -0.25) is 14.4 Å². The Hall–Kier alpha value is -2.51. The van der Waals surface area contributed by atoms with E-state index in [4.69, 9.17) is 5.11 Å². The molecule has 2 rings (SSSR count). The van der Waals surface area contributed by atoms with Crippen LogP contribution in [0.1, 0.15) is 48.5 Å². The van der Waals surface area contributed by atoms with E-state index >= 15 is 0 Å². The number of alkyl halides is 2. The number of halogens is 2. The summed E-state index contributed by atoms with van der Waals surface area (Å²) in [5.41, 5.74) is 0.00275. The lowest BCUT2D eigenvalue weighted by molar-refractivity contribution is -0.145. The van der Waals surface area contributed by atoms with Crippen molar-refractivity contribution >= 4 is 17.8 Å². The highest BCUT2D eigenvalue weighted by Crippen LogP contribution is 2.22. The van der Waals surface area contributed by atoms with Gasteiger partial charge in [0, 0.05) is 37.2 Å². The van der Waals surface area contributed by atoms with Crippen LogP contribution in [-0.4, -0.2) is 58.4 Å². The first-order valence-corrected chi connectivity index (χ1v) is 8.46. The van der Waals surface area contributed by atoms with Gasteiger partial charge in [0.05, 0.1) is 0 Å². The number of hydrogen-bond acceptors (Lipinski definition) is 3. The van der Waals surface area contributed by atoms with Gasteiger partial charge in [0.25, 0.3) is 12.3 Å². The average molecular weight is 368 g/mol. The summed E-state index contributed by atoms with van der Waals surface area (Å²) in [6.45, 7) is 1.73. The van der Waals surface area contributed by atoms with Gasteiger partial charge >= 0.3 is 5.97 Å². The number of rotatable bonds is 5. The van der Waals surface area contributed by atoms with Crippen LogP contribution in [0.4, 0.5) is 8.78 Å². The van der Waals surface area contributed by atoms with Crippen LogP contribution in [0.25, 0.3) is 0 Å². The molecule has 1 atom stereocenters. The summed E-state index contributed by atoms with van der Waals surface area (Å²) < 4.78 is 25.7. The zero-order valence-corrected chi connectivity index (χ0v) is 14.5. The molecule has 0 saturated carbocycles. The Balaban J connectivity index is 2.07. The van der Waals surface area contributed by atoms with Crippen molar-refractivity contribution in [3.05, 3.63) is 35.4 Å². The number of aliphatic carboxylic acids is 1. The fourth-order valence-electron chi connectivity index (χ4n) is 3.23. The van der Waals surface area contributed by atoms with Crippen LogP contribution in [0, 0.1) is 0 Å². The molecular formula is C18H22F2N2O4. The first-order valence-electron chi connectivity index (χ1n) is 8.46. The first-order chi connectivity index (χ1) is 12.3. The fourth-order valence-corrected chi connectivity index (χ4v) is 3.23. The van der Waals surface area contributed by atoms with Gasteiger partial charge in [-0.15, -0.1) is 0 Å². The number of benzene rings is 1. The molecule has 1 aromatic carbocycles. The minimum atomic E-state index is -2.64. The third-order valence-electron chi connectivity index (χ3n) is 4.52. The van der Waals surface area contributed by atoms with Crippen LogP contribution in [-0.2, 0) is 9.59 Å². The molecule has 1 unspecified atom stereocenters. The van der Waals surface area contributed by atoms with Crippen molar-refractivity contribution in [2.45, 2.75) is 38.7 Å². The monoisotopic (exact) mass is 368 g/mol. The van der Waals surface area contributed by atoms with E-state index in [-0.39, 0.29) is 35.5 Å². The number of carbonyl (C=O) groups is 3. The molecule has 1 N–H and O–H groups in total. The van der Waals surface area contributed by atoms with Crippen molar-refractivity contribution in [1.82, 2.24) is 9.80 Å². The van der Waals surface area contributed by atoms with Crippen LogP contribution in [0.15, 0.2) is 24.3 Å². The predicted octanol–water partition coefficient (Wildman–Crippen LogP) is 2.55. The minimum absolute atomic E-state index is 0.201. The van der Waals surface area contributed by atoms with E-state index in [0.29, 0.717) is 32.4 Å². The number of amides is 2. The molecule has 6 nitrogen and oxygen atoms in total. The number of carbonyl (C=O) groups excluding carboxylic acids is 2. The highest BCUT2D eigenvalue weighted by atomic mass is 19.3. The summed E-state index contributed by atoms with van der Waals surface area (Å²) in [5, 5.41) is 8.97. The summed E-state index contributed by atoms with van der Waals surface area (Å²) in [4.78, 5) is 38.2. The van der Waals surface area contributed by atoms with Gasteiger partial charge in [-0.25, -0.2) is 8.78 Å². The van der Waals surface area contributed by atoms with Crippen LogP contribution < -0.4 is 0 Å². The van der Waals surface area contributed by atoms with E-state index in [9.17, 15) is 23.2 Å². The zero-order chi connectivity index (χ0) is 19.3. The summed E-state index contributed by atoms with van der Waals surface area (Å²) in [7, 11) is 0.